The van der Waals surface area contributed by atoms with Crippen LogP contribution in [0, 0.1) is 6.92 Å². The summed E-state index contributed by atoms with van der Waals surface area (Å²) in [5.41, 5.74) is 8.12. The number of nitrogens with zero attached hydrogens (tertiary/aromatic N) is 4. The van der Waals surface area contributed by atoms with E-state index >= 15 is 0 Å². The summed E-state index contributed by atoms with van der Waals surface area (Å²) in [5, 5.41) is 11.3. The highest BCUT2D eigenvalue weighted by Gasteiger charge is 2.25. The Bertz CT molecular complexity index is 606. The van der Waals surface area contributed by atoms with Gasteiger partial charge in [0.1, 0.15) is 0 Å². The average Bonchev–Trinajstić information content (AvgIpc) is 2.85. The molecule has 0 bridgehead atoms. The van der Waals surface area contributed by atoms with Crippen LogP contribution in [0.3, 0.4) is 0 Å². The molecule has 0 saturated heterocycles. The van der Waals surface area contributed by atoms with Gasteiger partial charge in [-0.1, -0.05) is 0 Å². The molecule has 0 fully saturated rings. The first-order valence-corrected chi connectivity index (χ1v) is 6.56. The zero-order valence-electron chi connectivity index (χ0n) is 11.6. The first-order chi connectivity index (χ1) is 9.87. The van der Waals surface area contributed by atoms with E-state index in [2.05, 4.69) is 15.5 Å². The summed E-state index contributed by atoms with van der Waals surface area (Å²) in [4.78, 5) is 0. The average molecular weight is 299 g/mol. The maximum absolute atomic E-state index is 12.1. The van der Waals surface area contributed by atoms with Crippen molar-refractivity contribution in [2.45, 2.75) is 38.9 Å². The lowest BCUT2D eigenvalue weighted by Gasteiger charge is -2.08. The van der Waals surface area contributed by atoms with Gasteiger partial charge in [-0.15, -0.1) is 5.10 Å². The molecule has 0 aliphatic heterocycles. The van der Waals surface area contributed by atoms with Gasteiger partial charge in [-0.3, -0.25) is 0 Å². The van der Waals surface area contributed by atoms with Crippen LogP contribution in [-0.2, 0) is 6.54 Å². The number of tetrazole rings is 1. The molecule has 2 rings (SSSR count). The summed E-state index contributed by atoms with van der Waals surface area (Å²) in [6.07, 6.45) is -4.47. The summed E-state index contributed by atoms with van der Waals surface area (Å²) in [7, 11) is 0. The van der Waals surface area contributed by atoms with E-state index in [1.807, 2.05) is 13.0 Å². The molecule has 0 spiro atoms. The fraction of sp³-hybridized carbons (Fsp3) is 0.462. The van der Waals surface area contributed by atoms with Crippen molar-refractivity contribution in [1.82, 2.24) is 20.2 Å². The van der Waals surface area contributed by atoms with Crippen LogP contribution in [0.25, 0.3) is 11.4 Å². The number of aryl methyl sites for hydroxylation is 2. The van der Waals surface area contributed by atoms with E-state index in [1.54, 1.807) is 12.1 Å². The van der Waals surface area contributed by atoms with Crippen LogP contribution in [0.5, 0.6) is 0 Å². The predicted octanol–water partition coefficient (Wildman–Crippen LogP) is 2.96. The van der Waals surface area contributed by atoms with Gasteiger partial charge in [-0.25, -0.2) is 4.68 Å². The van der Waals surface area contributed by atoms with Crippen molar-refractivity contribution >= 4 is 5.69 Å². The molecule has 0 unspecified atom stereocenters. The first-order valence-electron chi connectivity index (χ1n) is 6.56. The van der Waals surface area contributed by atoms with Crippen LogP contribution >= 0.6 is 0 Å². The molecule has 114 valence electrons. The number of halogens is 3. The van der Waals surface area contributed by atoms with E-state index in [0.717, 1.165) is 11.1 Å². The number of aromatic nitrogens is 4. The monoisotopic (exact) mass is 299 g/mol. The van der Waals surface area contributed by atoms with Gasteiger partial charge in [-0.2, -0.15) is 13.2 Å². The van der Waals surface area contributed by atoms with Gasteiger partial charge in [0.2, 0.25) is 0 Å². The van der Waals surface area contributed by atoms with Crippen molar-refractivity contribution in [1.29, 1.82) is 0 Å². The molecule has 8 heteroatoms. The smallest absolute Gasteiger partial charge is 0.389 e. The fourth-order valence-electron chi connectivity index (χ4n) is 1.96. The lowest BCUT2D eigenvalue weighted by molar-refractivity contribution is -0.135. The molecule has 0 radical (unpaired) electrons. The maximum atomic E-state index is 12.1. The van der Waals surface area contributed by atoms with Crippen LogP contribution in [0.1, 0.15) is 24.8 Å². The Balaban J connectivity index is 2.03. The summed E-state index contributed by atoms with van der Waals surface area (Å²) in [6.45, 7) is 2.22. The number of unbranched alkanes of at least 4 members (excludes halogenated alkanes) is 1. The summed E-state index contributed by atoms with van der Waals surface area (Å²) in [6, 6.07) is 5.40. The first kappa shape index (κ1) is 15.3. The molecule has 2 aromatic rings. The summed E-state index contributed by atoms with van der Waals surface area (Å²) < 4.78 is 37.8. The molecule has 0 saturated carbocycles. The van der Waals surface area contributed by atoms with E-state index in [4.69, 9.17) is 5.73 Å². The van der Waals surface area contributed by atoms with E-state index in [9.17, 15) is 13.2 Å². The largest absolute Gasteiger partial charge is 0.399 e. The third-order valence-corrected chi connectivity index (χ3v) is 3.14. The lowest BCUT2D eigenvalue weighted by Crippen LogP contribution is -2.08. The molecular weight excluding hydrogens is 283 g/mol. The number of anilines is 1. The van der Waals surface area contributed by atoms with Crippen molar-refractivity contribution in [3.05, 3.63) is 23.8 Å². The Morgan fingerprint density at radius 2 is 2.00 bits per heavy atom. The van der Waals surface area contributed by atoms with Crippen LogP contribution in [0.2, 0.25) is 0 Å². The highest BCUT2D eigenvalue weighted by atomic mass is 19.4. The molecule has 1 aromatic heterocycles. The lowest BCUT2D eigenvalue weighted by atomic mass is 10.1. The normalized spacial score (nSPS) is 11.8. The third-order valence-electron chi connectivity index (χ3n) is 3.14. The number of alkyl halides is 3. The minimum Gasteiger partial charge on any atom is -0.399 e. The van der Waals surface area contributed by atoms with Crippen LogP contribution in [0.4, 0.5) is 18.9 Å². The Kier molecular flexibility index (Phi) is 4.44. The Morgan fingerprint density at radius 1 is 1.24 bits per heavy atom. The fourth-order valence-corrected chi connectivity index (χ4v) is 1.96. The molecule has 0 aliphatic carbocycles. The molecule has 0 amide bonds. The van der Waals surface area contributed by atoms with E-state index in [1.165, 1.54) is 4.68 Å². The number of rotatable bonds is 5. The molecular formula is C13H16F3N5. The van der Waals surface area contributed by atoms with Gasteiger partial charge in [0.25, 0.3) is 0 Å². The Labute approximate surface area is 119 Å². The van der Waals surface area contributed by atoms with E-state index < -0.39 is 12.6 Å². The second kappa shape index (κ2) is 6.11. The molecule has 1 heterocycles. The van der Waals surface area contributed by atoms with Gasteiger partial charge in [-0.05, 0) is 54.0 Å². The third kappa shape index (κ3) is 4.17. The van der Waals surface area contributed by atoms with Gasteiger partial charge in [0, 0.05) is 24.2 Å². The second-order valence-electron chi connectivity index (χ2n) is 4.87. The van der Waals surface area contributed by atoms with Gasteiger partial charge in [0.15, 0.2) is 5.82 Å². The van der Waals surface area contributed by atoms with Gasteiger partial charge < -0.3 is 5.73 Å². The van der Waals surface area contributed by atoms with E-state index in [0.29, 0.717) is 24.5 Å². The van der Waals surface area contributed by atoms with Crippen molar-refractivity contribution in [3.8, 4) is 11.4 Å². The zero-order chi connectivity index (χ0) is 15.5. The maximum Gasteiger partial charge on any atom is 0.389 e. The Morgan fingerprint density at radius 3 is 2.67 bits per heavy atom. The molecule has 5 nitrogen and oxygen atoms in total. The van der Waals surface area contributed by atoms with Crippen molar-refractivity contribution in [3.63, 3.8) is 0 Å². The van der Waals surface area contributed by atoms with Crippen molar-refractivity contribution in [2.75, 3.05) is 5.73 Å². The number of nitrogens with two attached hydrogens (primary N) is 1. The van der Waals surface area contributed by atoms with Crippen LogP contribution in [-0.4, -0.2) is 26.4 Å². The van der Waals surface area contributed by atoms with Crippen molar-refractivity contribution in [2.24, 2.45) is 0 Å². The minimum atomic E-state index is -4.11. The molecule has 21 heavy (non-hydrogen) atoms. The molecule has 2 N–H and O–H groups in total. The van der Waals surface area contributed by atoms with Gasteiger partial charge >= 0.3 is 6.18 Å². The van der Waals surface area contributed by atoms with Crippen LogP contribution < -0.4 is 5.73 Å². The summed E-state index contributed by atoms with van der Waals surface area (Å²) >= 11 is 0. The zero-order valence-corrected chi connectivity index (χ0v) is 11.6. The number of nitrogen functional groups attached to an aromatic ring is 1. The Hall–Kier alpha value is -2.12. The number of hydrogen-bond acceptors (Lipinski definition) is 4. The standard InChI is InChI=1S/C13H16F3N5/c1-9-8-10(4-5-11(9)17)12-18-19-20-21(12)7-3-2-6-13(14,15)16/h4-5,8H,2-3,6-7,17H2,1H3. The molecule has 0 atom stereocenters. The SMILES string of the molecule is Cc1cc(-c2nnnn2CCCCC(F)(F)F)ccc1N. The molecule has 1 aromatic carbocycles. The predicted molar refractivity (Wildman–Crippen MR) is 72.3 cm³/mol. The second-order valence-corrected chi connectivity index (χ2v) is 4.87. The number of benzene rings is 1. The van der Waals surface area contributed by atoms with Gasteiger partial charge in [0.05, 0.1) is 0 Å². The molecule has 0 aliphatic rings. The quantitative estimate of drug-likeness (QED) is 0.680. The topological polar surface area (TPSA) is 69.6 Å². The summed E-state index contributed by atoms with van der Waals surface area (Å²) in [5.74, 6) is 0.533. The highest BCUT2D eigenvalue weighted by molar-refractivity contribution is 5.61. The van der Waals surface area contributed by atoms with Crippen molar-refractivity contribution < 1.29 is 13.2 Å². The van der Waals surface area contributed by atoms with E-state index in [-0.39, 0.29) is 6.42 Å². The number of hydrogen-bond donors (Lipinski definition) is 1. The van der Waals surface area contributed by atoms with Crippen LogP contribution in [0.15, 0.2) is 18.2 Å². The highest BCUT2D eigenvalue weighted by Crippen LogP contribution is 2.24. The minimum absolute atomic E-state index is 0.0591.